The summed E-state index contributed by atoms with van der Waals surface area (Å²) in [6.45, 7) is 5.02. The number of aliphatic hydroxyl groups is 2. The molecule has 83 heavy (non-hydrogen) atoms. The smallest absolute Gasteiger partial charge is 0.305 e. The Bertz CT molecular complexity index is 1210. The predicted octanol–water partition coefficient (Wildman–Crippen LogP) is 25.3. The van der Waals surface area contributed by atoms with Crippen molar-refractivity contribution in [1.82, 2.24) is 5.32 Å². The molecule has 3 N–H and O–H groups in total. The van der Waals surface area contributed by atoms with Crippen molar-refractivity contribution in [2.75, 3.05) is 13.2 Å². The van der Waals surface area contributed by atoms with Crippen molar-refractivity contribution in [3.05, 3.63) is 0 Å². The Morgan fingerprint density at radius 2 is 0.494 bits per heavy atom. The maximum absolute atomic E-state index is 12.5. The van der Waals surface area contributed by atoms with Gasteiger partial charge in [0.25, 0.3) is 0 Å². The van der Waals surface area contributed by atoms with Crippen molar-refractivity contribution < 1.29 is 24.5 Å². The van der Waals surface area contributed by atoms with E-state index >= 15 is 0 Å². The second-order valence-corrected chi connectivity index (χ2v) is 27.1. The van der Waals surface area contributed by atoms with Crippen LogP contribution >= 0.6 is 0 Å². The van der Waals surface area contributed by atoms with E-state index in [-0.39, 0.29) is 18.5 Å². The number of carbonyl (C=O) groups excluding carboxylic acids is 2. The van der Waals surface area contributed by atoms with Crippen LogP contribution in [0.25, 0.3) is 0 Å². The third kappa shape index (κ3) is 69.8. The molecule has 0 aromatic heterocycles. The second kappa shape index (κ2) is 73.3. The van der Waals surface area contributed by atoms with Crippen molar-refractivity contribution >= 4 is 11.9 Å². The summed E-state index contributed by atoms with van der Waals surface area (Å²) in [7, 11) is 0. The van der Waals surface area contributed by atoms with Gasteiger partial charge in [0.1, 0.15) is 0 Å². The summed E-state index contributed by atoms with van der Waals surface area (Å²) >= 11 is 0. The SMILES string of the molecule is CCCCCCCCCCCCCCCCCCCCC(=O)OCCCCCCCCCCCCCCCCCCCCCCCCCCCCCCCCC(=O)NC(CO)C(O)CCCCCCCCCCCCCCCCCCCC. The van der Waals surface area contributed by atoms with Gasteiger partial charge in [-0.15, -0.1) is 0 Å². The average Bonchev–Trinajstić information content (AvgIpc) is 3.48. The lowest BCUT2D eigenvalue weighted by molar-refractivity contribution is -0.143. The molecule has 0 heterocycles. The number of nitrogens with one attached hydrogen (secondary N) is 1. The Morgan fingerprint density at radius 1 is 0.289 bits per heavy atom. The summed E-state index contributed by atoms with van der Waals surface area (Å²) in [6, 6.07) is -0.538. The summed E-state index contributed by atoms with van der Waals surface area (Å²) in [5.41, 5.74) is 0. The van der Waals surface area contributed by atoms with E-state index in [0.29, 0.717) is 25.9 Å². The van der Waals surface area contributed by atoms with E-state index in [0.717, 1.165) is 38.5 Å². The van der Waals surface area contributed by atoms with Gasteiger partial charge in [-0.05, 0) is 25.7 Å². The Hall–Kier alpha value is -1.14. The molecule has 0 rings (SSSR count). The van der Waals surface area contributed by atoms with Crippen molar-refractivity contribution in [2.24, 2.45) is 0 Å². The fraction of sp³-hybridized carbons (Fsp3) is 0.974. The molecule has 0 saturated carbocycles. The first kappa shape index (κ1) is 81.9. The number of hydrogen-bond acceptors (Lipinski definition) is 5. The molecule has 0 saturated heterocycles. The van der Waals surface area contributed by atoms with Gasteiger partial charge in [-0.25, -0.2) is 0 Å². The first-order chi connectivity index (χ1) is 41.0. The highest BCUT2D eigenvalue weighted by atomic mass is 16.5. The molecule has 0 aromatic carbocycles. The van der Waals surface area contributed by atoms with E-state index in [9.17, 15) is 19.8 Å². The zero-order chi connectivity index (χ0) is 59.9. The number of rotatable bonds is 74. The summed E-state index contributed by atoms with van der Waals surface area (Å²) < 4.78 is 5.52. The Balaban J connectivity index is 3.31. The molecule has 0 bridgehead atoms. The highest BCUT2D eigenvalue weighted by Gasteiger charge is 2.20. The summed E-state index contributed by atoms with van der Waals surface area (Å²) in [5.74, 6) is 0.000238. The molecule has 0 fully saturated rings. The fourth-order valence-electron chi connectivity index (χ4n) is 12.8. The van der Waals surface area contributed by atoms with Crippen LogP contribution in [0.3, 0.4) is 0 Å². The lowest BCUT2D eigenvalue weighted by Crippen LogP contribution is -2.45. The molecule has 6 heteroatoms. The topological polar surface area (TPSA) is 95.9 Å². The summed E-state index contributed by atoms with van der Waals surface area (Å²) in [4.78, 5) is 24.7. The molecule has 6 nitrogen and oxygen atoms in total. The van der Waals surface area contributed by atoms with Gasteiger partial charge in [0, 0.05) is 12.8 Å². The number of esters is 1. The van der Waals surface area contributed by atoms with Gasteiger partial charge in [0.2, 0.25) is 5.91 Å². The minimum Gasteiger partial charge on any atom is -0.466 e. The van der Waals surface area contributed by atoms with E-state index in [1.807, 2.05) is 0 Å². The van der Waals surface area contributed by atoms with Crippen molar-refractivity contribution in [1.29, 1.82) is 0 Å². The summed E-state index contributed by atoms with van der Waals surface area (Å²) in [6.07, 6.45) is 90.4. The zero-order valence-electron chi connectivity index (χ0n) is 57.0. The van der Waals surface area contributed by atoms with Crippen LogP contribution in [0, 0.1) is 0 Å². The van der Waals surface area contributed by atoms with E-state index in [1.165, 1.54) is 385 Å². The maximum Gasteiger partial charge on any atom is 0.305 e. The van der Waals surface area contributed by atoms with Crippen LogP contribution in [0.4, 0.5) is 0 Å². The number of ether oxygens (including phenoxy) is 1. The van der Waals surface area contributed by atoms with Crippen LogP contribution in [0.15, 0.2) is 0 Å². The number of hydrogen-bond donors (Lipinski definition) is 3. The number of amides is 1. The van der Waals surface area contributed by atoms with Crippen LogP contribution in [-0.2, 0) is 14.3 Å². The second-order valence-electron chi connectivity index (χ2n) is 27.1. The predicted molar refractivity (Wildman–Crippen MR) is 366 cm³/mol. The molecule has 0 radical (unpaired) electrons. The minimum atomic E-state index is -0.661. The molecule has 2 atom stereocenters. The Kier molecular flexibility index (Phi) is 72.3. The van der Waals surface area contributed by atoms with Crippen LogP contribution < -0.4 is 5.32 Å². The molecular weight excluding hydrogens is 1020 g/mol. The van der Waals surface area contributed by atoms with E-state index in [1.54, 1.807) is 0 Å². The third-order valence-corrected chi connectivity index (χ3v) is 18.7. The highest BCUT2D eigenvalue weighted by molar-refractivity contribution is 5.76. The zero-order valence-corrected chi connectivity index (χ0v) is 57.0. The summed E-state index contributed by atoms with van der Waals surface area (Å²) in [5, 5.41) is 23.4. The standard InChI is InChI=1S/C77H153NO5/c1-3-5-7-9-11-13-15-17-19-21-37-41-45-49-53-57-61-65-69-75(80)74(73-79)78-76(81)70-66-62-58-54-50-46-42-38-35-33-31-29-27-25-23-24-26-28-30-32-34-36-40-44-48-52-56-60-64-68-72-83-77(82)71-67-63-59-55-51-47-43-39-22-20-18-16-14-12-10-8-6-4-2/h74-75,79-80H,3-73H2,1-2H3,(H,78,81). The minimum absolute atomic E-state index is 0.0258. The maximum atomic E-state index is 12.5. The van der Waals surface area contributed by atoms with Crippen LogP contribution in [-0.4, -0.2) is 47.4 Å². The Morgan fingerprint density at radius 3 is 0.735 bits per heavy atom. The van der Waals surface area contributed by atoms with E-state index in [4.69, 9.17) is 4.74 Å². The highest BCUT2D eigenvalue weighted by Crippen LogP contribution is 2.20. The van der Waals surface area contributed by atoms with Gasteiger partial charge in [-0.1, -0.05) is 418 Å². The van der Waals surface area contributed by atoms with Crippen LogP contribution in [0.5, 0.6) is 0 Å². The molecule has 0 aliphatic carbocycles. The lowest BCUT2D eigenvalue weighted by Gasteiger charge is -2.22. The van der Waals surface area contributed by atoms with Gasteiger partial charge >= 0.3 is 5.97 Å². The fourth-order valence-corrected chi connectivity index (χ4v) is 12.8. The van der Waals surface area contributed by atoms with Crippen LogP contribution in [0.1, 0.15) is 457 Å². The first-order valence-electron chi connectivity index (χ1n) is 38.8. The molecular formula is C77H153NO5. The van der Waals surface area contributed by atoms with Crippen LogP contribution in [0.2, 0.25) is 0 Å². The van der Waals surface area contributed by atoms with E-state index in [2.05, 4.69) is 19.2 Å². The molecule has 0 aliphatic heterocycles. The van der Waals surface area contributed by atoms with Gasteiger partial charge in [0.05, 0.1) is 25.4 Å². The molecule has 0 aromatic rings. The van der Waals surface area contributed by atoms with Gasteiger partial charge in [-0.3, -0.25) is 9.59 Å². The normalized spacial score (nSPS) is 12.4. The van der Waals surface area contributed by atoms with Crippen molar-refractivity contribution in [3.63, 3.8) is 0 Å². The van der Waals surface area contributed by atoms with Crippen molar-refractivity contribution in [2.45, 2.75) is 469 Å². The lowest BCUT2D eigenvalue weighted by atomic mass is 10.0. The quantitative estimate of drug-likeness (QED) is 0.0417. The van der Waals surface area contributed by atoms with Gasteiger partial charge < -0.3 is 20.3 Å². The van der Waals surface area contributed by atoms with Gasteiger partial charge in [-0.2, -0.15) is 0 Å². The molecule has 1 amide bonds. The molecule has 0 aliphatic rings. The Labute approximate surface area is 521 Å². The first-order valence-corrected chi connectivity index (χ1v) is 38.8. The number of aliphatic hydroxyl groups excluding tert-OH is 2. The third-order valence-electron chi connectivity index (χ3n) is 18.7. The average molecular weight is 1170 g/mol. The number of carbonyl (C=O) groups is 2. The largest absolute Gasteiger partial charge is 0.466 e. The number of unbranched alkanes of at least 4 members (excludes halogenated alkanes) is 63. The molecule has 2 unspecified atom stereocenters. The van der Waals surface area contributed by atoms with E-state index < -0.39 is 12.1 Å². The monoisotopic (exact) mass is 1170 g/mol. The van der Waals surface area contributed by atoms with Crippen molar-refractivity contribution in [3.8, 4) is 0 Å². The molecule has 496 valence electrons. The van der Waals surface area contributed by atoms with Gasteiger partial charge in [0.15, 0.2) is 0 Å². The molecule has 0 spiro atoms.